The Labute approximate surface area is 515 Å². The lowest BCUT2D eigenvalue weighted by Gasteiger charge is -2.46. The molecule has 6 heterocycles. The van der Waals surface area contributed by atoms with Gasteiger partial charge in [0.15, 0.2) is 0 Å². The summed E-state index contributed by atoms with van der Waals surface area (Å²) in [6.45, 7) is 9.20. The molecule has 0 bridgehead atoms. The Morgan fingerprint density at radius 1 is 0.352 bits per heavy atom. The van der Waals surface area contributed by atoms with E-state index in [9.17, 15) is 0 Å². The first-order valence-corrected chi connectivity index (χ1v) is 30.8. The molecule has 17 rings (SSSR count). The second-order valence-corrected chi connectivity index (χ2v) is 25.2. The number of anilines is 15. The van der Waals surface area contributed by atoms with Gasteiger partial charge >= 0.3 is 0 Å². The molecule has 2 aromatic heterocycles. The van der Waals surface area contributed by atoms with Crippen LogP contribution >= 0.6 is 0 Å². The minimum atomic E-state index is -0.242. The number of nitrogens with zero attached hydrogens (tertiary/aromatic N) is 7. The molecule has 10 heteroatoms. The van der Waals surface area contributed by atoms with E-state index in [4.69, 9.17) is 14.7 Å². The molecule has 0 saturated heterocycles. The van der Waals surface area contributed by atoms with Crippen LogP contribution in [0.1, 0.15) is 51.7 Å². The third kappa shape index (κ3) is 8.08. The molecule has 0 atom stereocenters. The van der Waals surface area contributed by atoms with E-state index in [0.717, 1.165) is 121 Å². The summed E-state index contributed by atoms with van der Waals surface area (Å²) < 4.78 is 7.15. The quantitative estimate of drug-likeness (QED) is 0.133. The molecule has 12 aromatic rings. The van der Waals surface area contributed by atoms with Crippen LogP contribution in [-0.2, 0) is 10.8 Å². The molecule has 4 aliphatic heterocycles. The molecule has 0 saturated carbocycles. The minimum Gasteiger partial charge on any atom is -0.440 e. The Morgan fingerprint density at radius 2 is 0.795 bits per heavy atom. The number of hydrogen-bond donors (Lipinski definition) is 0. The first-order valence-electron chi connectivity index (χ1n) is 30.8. The second kappa shape index (κ2) is 20.0. The van der Waals surface area contributed by atoms with Crippen molar-refractivity contribution in [2.75, 3.05) is 24.5 Å². The lowest BCUT2D eigenvalue weighted by molar-refractivity contribution is 0.332. The van der Waals surface area contributed by atoms with Crippen molar-refractivity contribution >= 4 is 132 Å². The van der Waals surface area contributed by atoms with Crippen LogP contribution in [0.4, 0.5) is 85.7 Å². The molecule has 0 amide bonds. The van der Waals surface area contributed by atoms with Crippen LogP contribution in [0, 0.1) is 0 Å². The van der Waals surface area contributed by atoms with Crippen molar-refractivity contribution in [1.29, 1.82) is 0 Å². The lowest BCUT2D eigenvalue weighted by Crippen LogP contribution is -2.65. The number of fused-ring (bicyclic) bond motifs is 9. The van der Waals surface area contributed by atoms with Crippen molar-refractivity contribution < 1.29 is 4.74 Å². The maximum atomic E-state index is 7.15. The summed E-state index contributed by atoms with van der Waals surface area (Å²) in [4.78, 5) is 23.7. The summed E-state index contributed by atoms with van der Waals surface area (Å²) in [7, 11) is 0. The Morgan fingerprint density at radius 3 is 1.34 bits per heavy atom. The molecule has 1 aliphatic carbocycles. The summed E-state index contributed by atoms with van der Waals surface area (Å²) >= 11 is 0. The zero-order valence-electron chi connectivity index (χ0n) is 49.6. The molecule has 0 N–H and O–H groups in total. The van der Waals surface area contributed by atoms with Gasteiger partial charge in [-0.25, -0.2) is 4.98 Å². The molecule has 5 aliphatic rings. The Kier molecular flexibility index (Phi) is 11.8. The average Bonchev–Trinajstić information content (AvgIpc) is 0.786. The SMILES string of the molecule is CC1(C)CCC(C)(C)c2cc(N3c4ccccc4B4c5cc6c(cc5N(c5ccccc5)c5cc(N(c7ccccc7)c7ccccc7)nc3c54)N(c3ccccc3)c3cc(N(c4ccccc4)c4ccccc4)nc4c3B6c3ccccc3O4)ccc21. The fourth-order valence-corrected chi connectivity index (χ4v) is 14.9. The molecular weight excluding hydrogens is 1070 g/mol. The second-order valence-electron chi connectivity index (χ2n) is 25.2. The van der Waals surface area contributed by atoms with Crippen molar-refractivity contribution in [2.24, 2.45) is 0 Å². The van der Waals surface area contributed by atoms with Crippen molar-refractivity contribution in [1.82, 2.24) is 9.97 Å². The van der Waals surface area contributed by atoms with Gasteiger partial charge in [0.1, 0.15) is 23.2 Å². The van der Waals surface area contributed by atoms with E-state index in [2.05, 4.69) is 325 Å². The lowest BCUT2D eigenvalue weighted by atomic mass is 9.30. The van der Waals surface area contributed by atoms with Gasteiger partial charge in [-0.2, -0.15) is 4.98 Å². The third-order valence-electron chi connectivity index (χ3n) is 19.1. The van der Waals surface area contributed by atoms with Crippen molar-refractivity contribution in [2.45, 2.75) is 51.4 Å². The topological polar surface area (TPSA) is 51.2 Å². The Balaban J connectivity index is 0.975. The Bertz CT molecular complexity index is 4630. The molecule has 10 aromatic carbocycles. The van der Waals surface area contributed by atoms with Gasteiger partial charge < -0.3 is 14.5 Å². The number of aromatic nitrogens is 2. The van der Waals surface area contributed by atoms with Gasteiger partial charge in [0.25, 0.3) is 13.4 Å². The maximum absolute atomic E-state index is 7.15. The molecule has 0 radical (unpaired) electrons. The molecule has 0 spiro atoms. The van der Waals surface area contributed by atoms with Crippen LogP contribution in [0.2, 0.25) is 0 Å². The van der Waals surface area contributed by atoms with E-state index in [1.807, 2.05) is 0 Å². The van der Waals surface area contributed by atoms with Crippen LogP contribution in [0.15, 0.2) is 273 Å². The average molecular weight is 1130 g/mol. The van der Waals surface area contributed by atoms with Gasteiger partial charge in [0.2, 0.25) is 5.88 Å². The zero-order chi connectivity index (χ0) is 58.8. The standard InChI is InChI=1S/C78H61B2N7O/c1-77(2)45-46-78(3,4)60-47-58(43-44-59(60)77)87-65-41-25-23-39-61(65)79-63-48-64-67(49-66(63)85(56-35-19-9-20-36-56)68-50-71(81-75(87)73(68)79)83(52-27-11-5-12-28-52)53-29-13-6-14-30-53)86(57-37-21-10-22-38-57)69-51-72(82-76-74(69)80(64)62-40-24-26-42-70(62)88-76)84(54-31-15-7-16-32-54)55-33-17-8-18-34-55/h5-44,47-51H,45-46H2,1-4H3. The third-order valence-corrected chi connectivity index (χ3v) is 19.1. The number of hydrogen-bond acceptors (Lipinski definition) is 8. The van der Waals surface area contributed by atoms with Crippen LogP contribution in [0.5, 0.6) is 11.6 Å². The first kappa shape index (κ1) is 51.8. The number of rotatable bonds is 9. The predicted molar refractivity (Wildman–Crippen MR) is 367 cm³/mol. The van der Waals surface area contributed by atoms with E-state index >= 15 is 0 Å². The first-order chi connectivity index (χ1) is 43.2. The maximum Gasteiger partial charge on any atom is 0.258 e. The zero-order valence-corrected chi connectivity index (χ0v) is 49.6. The van der Waals surface area contributed by atoms with Crippen LogP contribution < -0.4 is 62.0 Å². The van der Waals surface area contributed by atoms with Gasteiger partial charge in [-0.05, 0) is 165 Å². The van der Waals surface area contributed by atoms with Gasteiger partial charge in [-0.1, -0.05) is 185 Å². The van der Waals surface area contributed by atoms with Crippen LogP contribution in [-0.4, -0.2) is 23.4 Å². The van der Waals surface area contributed by atoms with E-state index in [-0.39, 0.29) is 24.3 Å². The van der Waals surface area contributed by atoms with Gasteiger partial charge in [0, 0.05) is 80.2 Å². The minimum absolute atomic E-state index is 0.0257. The van der Waals surface area contributed by atoms with Crippen molar-refractivity contribution in [3.05, 3.63) is 284 Å². The van der Waals surface area contributed by atoms with Crippen LogP contribution in [0.25, 0.3) is 0 Å². The summed E-state index contributed by atoms with van der Waals surface area (Å²) in [5.74, 6) is 3.84. The van der Waals surface area contributed by atoms with Gasteiger partial charge in [0.05, 0.1) is 5.69 Å². The van der Waals surface area contributed by atoms with Gasteiger partial charge in [-0.15, -0.1) is 0 Å². The highest BCUT2D eigenvalue weighted by Gasteiger charge is 2.50. The summed E-state index contributed by atoms with van der Waals surface area (Å²) in [6, 6.07) is 98.9. The normalized spacial score (nSPS) is 14.9. The van der Waals surface area contributed by atoms with Gasteiger partial charge in [-0.3, -0.25) is 14.7 Å². The molecular formula is C78H61B2N7O. The molecule has 8 nitrogen and oxygen atoms in total. The fraction of sp³-hybridized carbons (Fsp3) is 0.103. The molecule has 0 fully saturated rings. The van der Waals surface area contributed by atoms with E-state index in [1.54, 1.807) is 0 Å². The molecule has 420 valence electrons. The fourth-order valence-electron chi connectivity index (χ4n) is 14.9. The summed E-state index contributed by atoms with van der Waals surface area (Å²) in [6.07, 6.45) is 2.25. The van der Waals surface area contributed by atoms with Crippen molar-refractivity contribution in [3.63, 3.8) is 0 Å². The summed E-state index contributed by atoms with van der Waals surface area (Å²) in [5.41, 5.74) is 22.2. The highest BCUT2D eigenvalue weighted by molar-refractivity contribution is 7.02. The molecule has 0 unspecified atom stereocenters. The van der Waals surface area contributed by atoms with E-state index < -0.39 is 0 Å². The van der Waals surface area contributed by atoms with Crippen LogP contribution in [0.3, 0.4) is 0 Å². The molecule has 88 heavy (non-hydrogen) atoms. The number of ether oxygens (including phenoxy) is 1. The van der Waals surface area contributed by atoms with Crippen molar-refractivity contribution in [3.8, 4) is 11.6 Å². The smallest absolute Gasteiger partial charge is 0.258 e. The highest BCUT2D eigenvalue weighted by Crippen LogP contribution is 2.52. The largest absolute Gasteiger partial charge is 0.440 e. The van der Waals surface area contributed by atoms with E-state index in [0.29, 0.717) is 5.88 Å². The number of para-hydroxylation sites is 8. The highest BCUT2D eigenvalue weighted by atomic mass is 16.5. The Hall–Kier alpha value is -10.6. The monoisotopic (exact) mass is 1130 g/mol. The number of pyridine rings is 2. The predicted octanol–water partition coefficient (Wildman–Crippen LogP) is 16.3. The number of benzene rings is 10. The summed E-state index contributed by atoms with van der Waals surface area (Å²) in [5, 5.41) is 0. The van der Waals surface area contributed by atoms with E-state index in [1.165, 1.54) is 27.5 Å².